The molecule has 0 saturated heterocycles. The van der Waals surface area contributed by atoms with Gasteiger partial charge in [-0.25, -0.2) is 0 Å². The molecule has 1 atom stereocenters. The molecule has 0 aliphatic heterocycles. The molecule has 17 heavy (non-hydrogen) atoms. The molecule has 2 rings (SSSR count). The molecule has 1 N–H and O–H groups in total. The molecule has 0 amide bonds. The number of nitrogens with one attached hydrogen (secondary N) is 1. The lowest BCUT2D eigenvalue weighted by Gasteiger charge is -2.24. The zero-order chi connectivity index (χ0) is 12.3. The third kappa shape index (κ3) is 2.75. The first-order valence-electron chi connectivity index (χ1n) is 6.27. The van der Waals surface area contributed by atoms with Crippen LogP contribution in [0.2, 0.25) is 5.02 Å². The van der Waals surface area contributed by atoms with Gasteiger partial charge in [0.15, 0.2) is 0 Å². The highest BCUT2D eigenvalue weighted by molar-refractivity contribution is 6.31. The molecular formula is C14H20ClNO. The number of methoxy groups -OCH3 is 1. The first kappa shape index (κ1) is 12.7. The summed E-state index contributed by atoms with van der Waals surface area (Å²) in [6.45, 7) is 0. The molecule has 1 aliphatic rings. The minimum atomic E-state index is 0.371. The average molecular weight is 254 g/mol. The van der Waals surface area contributed by atoms with Gasteiger partial charge in [0, 0.05) is 11.1 Å². The second kappa shape index (κ2) is 5.74. The summed E-state index contributed by atoms with van der Waals surface area (Å²) in [5, 5.41) is 4.21. The third-order valence-corrected chi connectivity index (χ3v) is 4.05. The highest BCUT2D eigenvalue weighted by Gasteiger charge is 2.26. The molecule has 3 heteroatoms. The van der Waals surface area contributed by atoms with Crippen molar-refractivity contribution in [2.24, 2.45) is 5.92 Å². The van der Waals surface area contributed by atoms with Gasteiger partial charge in [-0.1, -0.05) is 30.5 Å². The normalized spacial score (nSPS) is 18.3. The summed E-state index contributed by atoms with van der Waals surface area (Å²) in [5.74, 6) is 1.53. The Morgan fingerprint density at radius 2 is 2.06 bits per heavy atom. The summed E-state index contributed by atoms with van der Waals surface area (Å²) in [5.41, 5.74) is 1.20. The van der Waals surface area contributed by atoms with Crippen molar-refractivity contribution < 1.29 is 4.74 Å². The zero-order valence-electron chi connectivity index (χ0n) is 10.5. The minimum absolute atomic E-state index is 0.371. The van der Waals surface area contributed by atoms with Crippen molar-refractivity contribution in [1.29, 1.82) is 0 Å². The molecule has 0 heterocycles. The van der Waals surface area contributed by atoms with Crippen LogP contribution in [0, 0.1) is 5.92 Å². The predicted octanol–water partition coefficient (Wildman–Crippen LogP) is 3.80. The maximum atomic E-state index is 6.34. The topological polar surface area (TPSA) is 21.3 Å². The van der Waals surface area contributed by atoms with Gasteiger partial charge in [-0.3, -0.25) is 0 Å². The first-order chi connectivity index (χ1) is 8.26. The van der Waals surface area contributed by atoms with Crippen LogP contribution < -0.4 is 10.1 Å². The fourth-order valence-corrected chi connectivity index (χ4v) is 3.11. The Morgan fingerprint density at radius 1 is 1.35 bits per heavy atom. The van der Waals surface area contributed by atoms with Crippen LogP contribution in [0.1, 0.15) is 37.3 Å². The molecule has 0 spiro atoms. The van der Waals surface area contributed by atoms with Crippen LogP contribution in [-0.4, -0.2) is 14.2 Å². The third-order valence-electron chi connectivity index (χ3n) is 3.72. The van der Waals surface area contributed by atoms with E-state index in [1.54, 1.807) is 7.11 Å². The molecule has 94 valence electrons. The Hall–Kier alpha value is -0.730. The van der Waals surface area contributed by atoms with Crippen molar-refractivity contribution in [3.63, 3.8) is 0 Å². The van der Waals surface area contributed by atoms with Gasteiger partial charge in [-0.15, -0.1) is 0 Å². The van der Waals surface area contributed by atoms with Gasteiger partial charge < -0.3 is 10.1 Å². The Balaban J connectivity index is 2.23. The van der Waals surface area contributed by atoms with Crippen molar-refractivity contribution in [1.82, 2.24) is 5.32 Å². The monoisotopic (exact) mass is 253 g/mol. The van der Waals surface area contributed by atoms with Gasteiger partial charge >= 0.3 is 0 Å². The Bertz CT molecular complexity index is 374. The minimum Gasteiger partial charge on any atom is -0.497 e. The summed E-state index contributed by atoms with van der Waals surface area (Å²) >= 11 is 6.34. The molecule has 1 aromatic rings. The lowest BCUT2D eigenvalue weighted by atomic mass is 9.91. The van der Waals surface area contributed by atoms with Crippen LogP contribution in [-0.2, 0) is 0 Å². The van der Waals surface area contributed by atoms with E-state index in [-0.39, 0.29) is 0 Å². The van der Waals surface area contributed by atoms with E-state index in [1.165, 1.54) is 31.2 Å². The SMILES string of the molecule is CNC(c1ccc(OC)cc1Cl)C1CCCC1. The maximum absolute atomic E-state index is 6.34. The molecule has 1 aliphatic carbocycles. The van der Waals surface area contributed by atoms with E-state index < -0.39 is 0 Å². The number of halogens is 1. The number of hydrogen-bond acceptors (Lipinski definition) is 2. The lowest BCUT2D eigenvalue weighted by Crippen LogP contribution is -2.23. The summed E-state index contributed by atoms with van der Waals surface area (Å²) in [6, 6.07) is 6.34. The number of benzene rings is 1. The van der Waals surface area contributed by atoms with E-state index in [9.17, 15) is 0 Å². The molecule has 0 aromatic heterocycles. The number of rotatable bonds is 4. The van der Waals surface area contributed by atoms with Crippen LogP contribution in [0.3, 0.4) is 0 Å². The predicted molar refractivity (Wildman–Crippen MR) is 71.8 cm³/mol. The second-order valence-electron chi connectivity index (χ2n) is 4.70. The highest BCUT2D eigenvalue weighted by Crippen LogP contribution is 2.38. The van der Waals surface area contributed by atoms with Crippen LogP contribution in [0.4, 0.5) is 0 Å². The fraction of sp³-hybridized carbons (Fsp3) is 0.571. The van der Waals surface area contributed by atoms with Gasteiger partial charge in [0.2, 0.25) is 0 Å². The standard InChI is InChI=1S/C14H20ClNO/c1-16-14(10-5-3-4-6-10)12-8-7-11(17-2)9-13(12)15/h7-10,14,16H,3-6H2,1-2H3. The van der Waals surface area contributed by atoms with Crippen LogP contribution in [0.5, 0.6) is 5.75 Å². The Labute approximate surface area is 108 Å². The summed E-state index contributed by atoms with van der Waals surface area (Å²) in [7, 11) is 3.68. The second-order valence-corrected chi connectivity index (χ2v) is 5.11. The van der Waals surface area contributed by atoms with Crippen LogP contribution in [0.15, 0.2) is 18.2 Å². The van der Waals surface area contributed by atoms with Crippen molar-refractivity contribution in [3.8, 4) is 5.75 Å². The quantitative estimate of drug-likeness (QED) is 0.881. The zero-order valence-corrected chi connectivity index (χ0v) is 11.3. The highest BCUT2D eigenvalue weighted by atomic mass is 35.5. The lowest BCUT2D eigenvalue weighted by molar-refractivity contribution is 0.388. The van der Waals surface area contributed by atoms with Crippen molar-refractivity contribution in [3.05, 3.63) is 28.8 Å². The smallest absolute Gasteiger partial charge is 0.120 e. The van der Waals surface area contributed by atoms with Gasteiger partial charge in [0.1, 0.15) is 5.75 Å². The molecule has 1 aromatic carbocycles. The average Bonchev–Trinajstić information content (AvgIpc) is 2.85. The van der Waals surface area contributed by atoms with Crippen LogP contribution in [0.25, 0.3) is 0 Å². The molecule has 2 nitrogen and oxygen atoms in total. The first-order valence-corrected chi connectivity index (χ1v) is 6.64. The van der Waals surface area contributed by atoms with Crippen molar-refractivity contribution in [2.75, 3.05) is 14.2 Å². The largest absolute Gasteiger partial charge is 0.497 e. The van der Waals surface area contributed by atoms with Gasteiger partial charge in [-0.2, -0.15) is 0 Å². The molecule has 0 radical (unpaired) electrons. The number of ether oxygens (including phenoxy) is 1. The van der Waals surface area contributed by atoms with E-state index in [2.05, 4.69) is 11.4 Å². The molecular weight excluding hydrogens is 234 g/mol. The van der Waals surface area contributed by atoms with E-state index in [1.807, 2.05) is 19.2 Å². The van der Waals surface area contributed by atoms with Crippen molar-refractivity contribution in [2.45, 2.75) is 31.7 Å². The van der Waals surface area contributed by atoms with E-state index >= 15 is 0 Å². The van der Waals surface area contributed by atoms with Gasteiger partial charge in [-0.05, 0) is 43.5 Å². The summed E-state index contributed by atoms with van der Waals surface area (Å²) in [6.07, 6.45) is 5.29. The van der Waals surface area contributed by atoms with Gasteiger partial charge in [0.25, 0.3) is 0 Å². The maximum Gasteiger partial charge on any atom is 0.120 e. The molecule has 1 saturated carbocycles. The molecule has 1 unspecified atom stereocenters. The van der Waals surface area contributed by atoms with E-state index in [0.717, 1.165) is 10.8 Å². The van der Waals surface area contributed by atoms with Crippen molar-refractivity contribution >= 4 is 11.6 Å². The van der Waals surface area contributed by atoms with E-state index in [4.69, 9.17) is 16.3 Å². The fourth-order valence-electron chi connectivity index (χ4n) is 2.82. The molecule has 1 fully saturated rings. The van der Waals surface area contributed by atoms with Crippen LogP contribution >= 0.6 is 11.6 Å². The Kier molecular flexibility index (Phi) is 4.30. The summed E-state index contributed by atoms with van der Waals surface area (Å²) < 4.78 is 5.18. The molecule has 0 bridgehead atoms. The van der Waals surface area contributed by atoms with E-state index in [0.29, 0.717) is 12.0 Å². The summed E-state index contributed by atoms with van der Waals surface area (Å²) in [4.78, 5) is 0. The van der Waals surface area contributed by atoms with Gasteiger partial charge in [0.05, 0.1) is 7.11 Å². The Morgan fingerprint density at radius 3 is 2.59 bits per heavy atom. The number of hydrogen-bond donors (Lipinski definition) is 1.